The fraction of sp³-hybridized carbons (Fsp3) is 0.382. The third-order valence-electron chi connectivity index (χ3n) is 7.72. The van der Waals surface area contributed by atoms with E-state index in [4.69, 9.17) is 11.5 Å². The van der Waals surface area contributed by atoms with E-state index < -0.39 is 10.9 Å². The van der Waals surface area contributed by atoms with Crippen LogP contribution in [0.2, 0.25) is 0 Å². The normalized spacial score (nSPS) is 15.1. The Morgan fingerprint density at radius 2 is 1.24 bits per heavy atom. The Morgan fingerprint density at radius 3 is 1.78 bits per heavy atom. The maximum Gasteiger partial charge on any atom is 0.253 e. The minimum Gasteiger partial charge on any atom is -0.396 e. The molecule has 0 amide bonds. The lowest BCUT2D eigenvalue weighted by Gasteiger charge is -2.31. The number of hydrogen-bond acceptors (Lipinski definition) is 7. The number of nitrogen functional groups attached to an aromatic ring is 1. The molecule has 0 bridgehead atoms. The van der Waals surface area contributed by atoms with Crippen LogP contribution in [0.15, 0.2) is 69.5 Å². The van der Waals surface area contributed by atoms with Crippen LogP contribution in [0.25, 0.3) is 0 Å². The van der Waals surface area contributed by atoms with Gasteiger partial charge in [0.1, 0.15) is 17.1 Å². The molecule has 7 heteroatoms. The largest absolute Gasteiger partial charge is 0.396 e. The molecule has 7 nitrogen and oxygen atoms in total. The van der Waals surface area contributed by atoms with E-state index in [0.29, 0.717) is 29.2 Å². The third kappa shape index (κ3) is 5.99. The number of ketones is 1. The molecule has 0 fully saturated rings. The average Bonchev–Trinajstić information content (AvgIpc) is 3.44. The molecule has 0 spiro atoms. The molecule has 0 saturated heterocycles. The minimum absolute atomic E-state index is 0.00368. The second kappa shape index (κ2) is 13.5. The predicted octanol–water partition coefficient (Wildman–Crippen LogP) is 4.92. The van der Waals surface area contributed by atoms with Crippen LogP contribution in [-0.4, -0.2) is 17.2 Å². The van der Waals surface area contributed by atoms with Crippen LogP contribution in [0.3, 0.4) is 0 Å². The number of Topliss-reactive ketones (excluding diaryl/α,β-unsaturated/α-hetero) is 1. The first kappa shape index (κ1) is 31.4. The number of carbonyl (C=O) groups excluding carboxylic acids is 1. The first-order valence-corrected chi connectivity index (χ1v) is 14.8. The van der Waals surface area contributed by atoms with Gasteiger partial charge in [-0.3, -0.25) is 14.4 Å². The van der Waals surface area contributed by atoms with Crippen molar-refractivity contribution in [3.05, 3.63) is 114 Å². The van der Waals surface area contributed by atoms with Crippen molar-refractivity contribution in [2.45, 2.75) is 80.4 Å². The van der Waals surface area contributed by atoms with Crippen LogP contribution < -0.4 is 27.2 Å². The van der Waals surface area contributed by atoms with Gasteiger partial charge in [-0.15, -0.1) is 0 Å². The van der Waals surface area contributed by atoms with Crippen molar-refractivity contribution >= 4 is 17.2 Å². The van der Waals surface area contributed by atoms with Crippen LogP contribution in [-0.2, 0) is 43.7 Å². The lowest BCUT2D eigenvalue weighted by Crippen LogP contribution is -2.44. The summed E-state index contributed by atoms with van der Waals surface area (Å²) in [5, 5.41) is 0. The van der Waals surface area contributed by atoms with E-state index in [0.717, 1.165) is 38.9 Å². The maximum absolute atomic E-state index is 11.8. The van der Waals surface area contributed by atoms with Crippen molar-refractivity contribution in [1.82, 2.24) is 4.90 Å². The Kier molecular flexibility index (Phi) is 10.3. The number of fused-ring (bicyclic) bond motifs is 2. The molecule has 3 aromatic rings. The molecule has 218 valence electrons. The number of rotatable bonds is 4. The highest BCUT2D eigenvalue weighted by atomic mass is 16.2. The molecule has 41 heavy (non-hydrogen) atoms. The number of carbonyl (C=O) groups is 1. The number of hydrogen-bond donors (Lipinski definition) is 2. The number of nitrogens with zero attached hydrogens (tertiary/aromatic N) is 2. The molecule has 6 rings (SSSR count). The number of allylic oxidation sites excluding steroid dienone is 2. The van der Waals surface area contributed by atoms with Crippen molar-refractivity contribution in [1.29, 1.82) is 0 Å². The molecular formula is C34H44N4O3. The van der Waals surface area contributed by atoms with E-state index in [1.54, 1.807) is 0 Å². The molecule has 2 heterocycles. The third-order valence-corrected chi connectivity index (χ3v) is 7.72. The molecule has 0 unspecified atom stereocenters. The lowest BCUT2D eigenvalue weighted by atomic mass is 9.93. The standard InChI is InChI=1S/C15H16N2O2.C15H16N2O.2C2H6/c1-2-9-3-4-10-5-6-17(8-11(10)7-9)13-12(16)14(18)15(13)19;1-3-10-4-5-11-7-17(8-12(11)6-10)14-13(16)9(2)15(14)18;2*1-2/h3-4,7H,2,5-6,8,16H2,1H3;4-6H,2-3,7-8,16H2,1H3;2*1-2H3. The molecule has 0 saturated carbocycles. The van der Waals surface area contributed by atoms with Crippen molar-refractivity contribution < 1.29 is 4.79 Å². The summed E-state index contributed by atoms with van der Waals surface area (Å²) in [5.41, 5.74) is 20.5. The SMILES string of the molecule is C=C1C(=O)C(N2Cc3ccc(CC)cc3C2)=C1N.CC.CC.CCc1ccc2c(c1)CN(c1c(N)c(=O)c1=O)CC2. The van der Waals surface area contributed by atoms with Gasteiger partial charge in [0.25, 0.3) is 10.9 Å². The number of aryl methyl sites for hydroxylation is 2. The highest BCUT2D eigenvalue weighted by Gasteiger charge is 2.36. The zero-order valence-corrected chi connectivity index (χ0v) is 25.4. The smallest absolute Gasteiger partial charge is 0.253 e. The van der Waals surface area contributed by atoms with E-state index in [1.807, 2.05) is 32.6 Å². The van der Waals surface area contributed by atoms with Crippen LogP contribution in [0.5, 0.6) is 0 Å². The monoisotopic (exact) mass is 556 g/mol. The first-order chi connectivity index (χ1) is 19.7. The van der Waals surface area contributed by atoms with Gasteiger partial charge in [0, 0.05) is 31.8 Å². The average molecular weight is 557 g/mol. The molecule has 3 aromatic carbocycles. The molecule has 0 atom stereocenters. The second-order valence-electron chi connectivity index (χ2n) is 9.93. The minimum atomic E-state index is -0.539. The summed E-state index contributed by atoms with van der Waals surface area (Å²) in [5.74, 6) is -0.00368. The summed E-state index contributed by atoms with van der Waals surface area (Å²) >= 11 is 0. The van der Waals surface area contributed by atoms with Crippen LogP contribution in [0.4, 0.5) is 11.4 Å². The Bertz CT molecular complexity index is 1540. The van der Waals surface area contributed by atoms with Gasteiger partial charge in [-0.05, 0) is 52.6 Å². The van der Waals surface area contributed by atoms with Crippen molar-refractivity contribution in [3.8, 4) is 0 Å². The maximum atomic E-state index is 11.8. The molecule has 0 radical (unpaired) electrons. The Hall–Kier alpha value is -4.13. The van der Waals surface area contributed by atoms with E-state index >= 15 is 0 Å². The Labute approximate surface area is 243 Å². The molecular weight excluding hydrogens is 512 g/mol. The first-order valence-electron chi connectivity index (χ1n) is 14.8. The second-order valence-corrected chi connectivity index (χ2v) is 9.93. The quantitative estimate of drug-likeness (QED) is 0.347. The van der Waals surface area contributed by atoms with Gasteiger partial charge >= 0.3 is 0 Å². The Morgan fingerprint density at radius 1 is 0.732 bits per heavy atom. The highest BCUT2D eigenvalue weighted by molar-refractivity contribution is 6.18. The summed E-state index contributed by atoms with van der Waals surface area (Å²) in [6, 6.07) is 13.0. The summed E-state index contributed by atoms with van der Waals surface area (Å²) in [6.07, 6.45) is 2.92. The molecule has 3 aliphatic rings. The van der Waals surface area contributed by atoms with Crippen molar-refractivity contribution in [3.63, 3.8) is 0 Å². The highest BCUT2D eigenvalue weighted by Crippen LogP contribution is 2.34. The van der Waals surface area contributed by atoms with Gasteiger partial charge in [-0.25, -0.2) is 0 Å². The zero-order chi connectivity index (χ0) is 30.4. The fourth-order valence-corrected chi connectivity index (χ4v) is 5.34. The van der Waals surface area contributed by atoms with E-state index in [1.165, 1.54) is 33.4 Å². The van der Waals surface area contributed by atoms with Gasteiger partial charge in [-0.1, -0.05) is 84.5 Å². The molecule has 4 N–H and O–H groups in total. The molecule has 0 aromatic heterocycles. The van der Waals surface area contributed by atoms with Crippen molar-refractivity contribution in [2.75, 3.05) is 17.2 Å². The molecule has 1 aliphatic carbocycles. The van der Waals surface area contributed by atoms with E-state index in [-0.39, 0.29) is 11.5 Å². The lowest BCUT2D eigenvalue weighted by molar-refractivity contribution is -0.115. The van der Waals surface area contributed by atoms with Gasteiger partial charge in [-0.2, -0.15) is 0 Å². The van der Waals surface area contributed by atoms with Gasteiger partial charge < -0.3 is 21.3 Å². The van der Waals surface area contributed by atoms with Crippen LogP contribution in [0.1, 0.15) is 74.9 Å². The van der Waals surface area contributed by atoms with Gasteiger partial charge in [0.05, 0.1) is 5.70 Å². The number of nitrogens with two attached hydrogens (primary N) is 2. The topological polar surface area (TPSA) is 110 Å². The van der Waals surface area contributed by atoms with E-state index in [9.17, 15) is 14.4 Å². The Balaban J connectivity index is 0.000000202. The fourth-order valence-electron chi connectivity index (χ4n) is 5.34. The van der Waals surface area contributed by atoms with Crippen LogP contribution in [0, 0.1) is 0 Å². The van der Waals surface area contributed by atoms with Crippen LogP contribution >= 0.6 is 0 Å². The number of anilines is 2. The van der Waals surface area contributed by atoms with Gasteiger partial charge in [0.15, 0.2) is 0 Å². The van der Waals surface area contributed by atoms with Crippen molar-refractivity contribution in [2.24, 2.45) is 5.73 Å². The summed E-state index contributed by atoms with van der Waals surface area (Å²) in [6.45, 7) is 18.9. The predicted molar refractivity (Wildman–Crippen MR) is 169 cm³/mol. The summed E-state index contributed by atoms with van der Waals surface area (Å²) < 4.78 is 0. The summed E-state index contributed by atoms with van der Waals surface area (Å²) in [7, 11) is 0. The summed E-state index contributed by atoms with van der Waals surface area (Å²) in [4.78, 5) is 38.5. The molecule has 2 aliphatic heterocycles. The van der Waals surface area contributed by atoms with E-state index in [2.05, 4.69) is 61.7 Å². The number of benzene rings is 2. The van der Waals surface area contributed by atoms with Gasteiger partial charge in [0.2, 0.25) is 5.78 Å². The zero-order valence-electron chi connectivity index (χ0n) is 25.4.